The largest absolute Gasteiger partial charge is 0.352 e. The highest BCUT2D eigenvalue weighted by atomic mass is 35.5. The standard InChI is InChI=1S/C18H23N3O3S2.ClH/c1-13-16(4-2-10-19-13)20-17(22)12-14-6-8-15(9-7-14)21-26(23,24)18-5-3-11-25-18;/h3,5-9,11,13,16,19,21H,2,4,10,12H2,1H3,(H,20,22);1H. The van der Waals surface area contributed by atoms with Gasteiger partial charge in [-0.1, -0.05) is 18.2 Å². The van der Waals surface area contributed by atoms with E-state index >= 15 is 0 Å². The Balaban J connectivity index is 0.00000261. The first kappa shape index (κ1) is 21.7. The molecule has 0 spiro atoms. The molecule has 6 nitrogen and oxygen atoms in total. The monoisotopic (exact) mass is 429 g/mol. The summed E-state index contributed by atoms with van der Waals surface area (Å²) in [7, 11) is -3.55. The second kappa shape index (κ2) is 9.54. The smallest absolute Gasteiger partial charge is 0.271 e. The lowest BCUT2D eigenvalue weighted by atomic mass is 9.99. The first-order chi connectivity index (χ1) is 12.4. The molecule has 0 aliphatic carbocycles. The summed E-state index contributed by atoms with van der Waals surface area (Å²) in [5.41, 5.74) is 1.32. The summed E-state index contributed by atoms with van der Waals surface area (Å²) in [6, 6.07) is 10.6. The van der Waals surface area contributed by atoms with E-state index in [9.17, 15) is 13.2 Å². The summed E-state index contributed by atoms with van der Waals surface area (Å²) in [5.74, 6) is -0.0162. The van der Waals surface area contributed by atoms with Gasteiger partial charge in [-0.25, -0.2) is 8.42 Å². The van der Waals surface area contributed by atoms with E-state index in [2.05, 4.69) is 22.3 Å². The number of benzene rings is 1. The summed E-state index contributed by atoms with van der Waals surface area (Å²) < 4.78 is 27.2. The number of hydrogen-bond acceptors (Lipinski definition) is 5. The molecule has 2 heterocycles. The van der Waals surface area contributed by atoms with Gasteiger partial charge in [0, 0.05) is 17.8 Å². The molecule has 2 unspecified atom stereocenters. The second-order valence-electron chi connectivity index (χ2n) is 6.47. The van der Waals surface area contributed by atoms with Gasteiger partial charge in [-0.2, -0.15) is 0 Å². The molecule has 0 saturated carbocycles. The van der Waals surface area contributed by atoms with Crippen molar-refractivity contribution in [1.29, 1.82) is 0 Å². The molecule has 148 valence electrons. The van der Waals surface area contributed by atoms with Crippen molar-refractivity contribution >= 4 is 45.4 Å². The molecule has 3 rings (SSSR count). The van der Waals surface area contributed by atoms with E-state index in [0.717, 1.165) is 24.9 Å². The van der Waals surface area contributed by atoms with Gasteiger partial charge in [-0.05, 0) is 55.5 Å². The zero-order valence-corrected chi connectivity index (χ0v) is 17.4. The Kier molecular flexibility index (Phi) is 7.67. The van der Waals surface area contributed by atoms with Crippen molar-refractivity contribution in [2.75, 3.05) is 11.3 Å². The van der Waals surface area contributed by atoms with Crippen molar-refractivity contribution in [2.24, 2.45) is 0 Å². The lowest BCUT2D eigenvalue weighted by Crippen LogP contribution is -2.52. The van der Waals surface area contributed by atoms with Gasteiger partial charge in [0.05, 0.1) is 6.42 Å². The normalized spacial score (nSPS) is 19.7. The number of sulfonamides is 1. The molecule has 2 atom stereocenters. The number of carbonyl (C=O) groups excluding carboxylic acids is 1. The maximum absolute atomic E-state index is 12.2. The van der Waals surface area contributed by atoms with Crippen LogP contribution in [0.25, 0.3) is 0 Å². The number of amides is 1. The number of carbonyl (C=O) groups is 1. The maximum Gasteiger partial charge on any atom is 0.271 e. The van der Waals surface area contributed by atoms with Gasteiger partial charge in [0.25, 0.3) is 10.0 Å². The highest BCUT2D eigenvalue weighted by Gasteiger charge is 2.22. The third-order valence-corrected chi connectivity index (χ3v) is 7.22. The minimum Gasteiger partial charge on any atom is -0.352 e. The average molecular weight is 430 g/mol. The first-order valence-electron chi connectivity index (χ1n) is 8.62. The number of thiophene rings is 1. The molecule has 0 bridgehead atoms. The minimum atomic E-state index is -3.55. The molecule has 1 fully saturated rings. The lowest BCUT2D eigenvalue weighted by molar-refractivity contribution is -0.121. The van der Waals surface area contributed by atoms with Crippen LogP contribution in [0.5, 0.6) is 0 Å². The highest BCUT2D eigenvalue weighted by Crippen LogP contribution is 2.20. The van der Waals surface area contributed by atoms with Crippen LogP contribution in [0.4, 0.5) is 5.69 Å². The van der Waals surface area contributed by atoms with Crippen LogP contribution in [0, 0.1) is 0 Å². The Labute approximate surface area is 170 Å². The van der Waals surface area contributed by atoms with Crippen LogP contribution in [0.1, 0.15) is 25.3 Å². The summed E-state index contributed by atoms with van der Waals surface area (Å²) in [5, 5.41) is 8.16. The van der Waals surface area contributed by atoms with Crippen molar-refractivity contribution in [3.8, 4) is 0 Å². The molecule has 1 aromatic carbocycles. The third-order valence-electron chi connectivity index (χ3n) is 4.44. The number of rotatable bonds is 6. The fraction of sp³-hybridized carbons (Fsp3) is 0.389. The number of piperidine rings is 1. The van der Waals surface area contributed by atoms with Crippen LogP contribution < -0.4 is 15.4 Å². The van der Waals surface area contributed by atoms with Gasteiger partial charge in [-0.3, -0.25) is 9.52 Å². The van der Waals surface area contributed by atoms with E-state index in [1.165, 1.54) is 11.3 Å². The predicted molar refractivity (Wildman–Crippen MR) is 111 cm³/mol. The van der Waals surface area contributed by atoms with Gasteiger partial charge in [0.2, 0.25) is 5.91 Å². The van der Waals surface area contributed by atoms with Crippen LogP contribution in [0.2, 0.25) is 0 Å². The summed E-state index contributed by atoms with van der Waals surface area (Å²) in [6.45, 7) is 3.08. The molecular formula is C18H24ClN3O3S2. The van der Waals surface area contributed by atoms with Crippen molar-refractivity contribution in [1.82, 2.24) is 10.6 Å². The van der Waals surface area contributed by atoms with Crippen molar-refractivity contribution < 1.29 is 13.2 Å². The van der Waals surface area contributed by atoms with E-state index in [1.54, 1.807) is 41.8 Å². The third kappa shape index (κ3) is 5.93. The zero-order valence-electron chi connectivity index (χ0n) is 15.0. The van der Waals surface area contributed by atoms with Crippen LogP contribution in [-0.2, 0) is 21.2 Å². The number of anilines is 1. The summed E-state index contributed by atoms with van der Waals surface area (Å²) in [6.07, 6.45) is 2.33. The fourth-order valence-corrected chi connectivity index (χ4v) is 5.05. The van der Waals surface area contributed by atoms with Gasteiger partial charge < -0.3 is 10.6 Å². The minimum absolute atomic E-state index is 0. The topological polar surface area (TPSA) is 87.3 Å². The van der Waals surface area contributed by atoms with E-state index in [1.807, 2.05) is 0 Å². The quantitative estimate of drug-likeness (QED) is 0.658. The molecule has 1 aromatic heterocycles. The molecule has 0 radical (unpaired) electrons. The Bertz CT molecular complexity index is 839. The zero-order chi connectivity index (χ0) is 18.6. The van der Waals surface area contributed by atoms with Crippen LogP contribution in [0.15, 0.2) is 46.0 Å². The Hall–Kier alpha value is -1.61. The molecule has 1 amide bonds. The maximum atomic E-state index is 12.2. The highest BCUT2D eigenvalue weighted by molar-refractivity contribution is 7.94. The predicted octanol–water partition coefficient (Wildman–Crippen LogP) is 2.77. The average Bonchev–Trinajstić information content (AvgIpc) is 3.14. The Morgan fingerprint density at radius 2 is 2.00 bits per heavy atom. The second-order valence-corrected chi connectivity index (χ2v) is 9.33. The molecule has 1 aliphatic rings. The Morgan fingerprint density at radius 3 is 2.63 bits per heavy atom. The van der Waals surface area contributed by atoms with Crippen molar-refractivity contribution in [3.05, 3.63) is 47.3 Å². The number of halogens is 1. The molecule has 27 heavy (non-hydrogen) atoms. The van der Waals surface area contributed by atoms with Gasteiger partial charge in [0.15, 0.2) is 0 Å². The SMILES string of the molecule is CC1NCCCC1NC(=O)Cc1ccc(NS(=O)(=O)c2cccs2)cc1.Cl. The molecule has 9 heteroatoms. The van der Waals surface area contributed by atoms with E-state index in [-0.39, 0.29) is 41.0 Å². The van der Waals surface area contributed by atoms with Gasteiger partial charge in [0.1, 0.15) is 4.21 Å². The molecule has 1 saturated heterocycles. The molecule has 2 aromatic rings. The first-order valence-corrected chi connectivity index (χ1v) is 11.0. The summed E-state index contributed by atoms with van der Waals surface area (Å²) >= 11 is 1.17. The van der Waals surface area contributed by atoms with Crippen molar-refractivity contribution in [3.63, 3.8) is 0 Å². The molecule has 3 N–H and O–H groups in total. The fourth-order valence-electron chi connectivity index (χ4n) is 3.00. The Morgan fingerprint density at radius 1 is 1.26 bits per heavy atom. The molecular weight excluding hydrogens is 406 g/mol. The van der Waals surface area contributed by atoms with Crippen molar-refractivity contribution in [2.45, 2.75) is 42.5 Å². The number of nitrogens with one attached hydrogen (secondary N) is 3. The molecule has 1 aliphatic heterocycles. The van der Waals surface area contributed by atoms with E-state index < -0.39 is 10.0 Å². The van der Waals surface area contributed by atoms with E-state index in [0.29, 0.717) is 5.69 Å². The van der Waals surface area contributed by atoms with E-state index in [4.69, 9.17) is 0 Å². The van der Waals surface area contributed by atoms with Crippen LogP contribution in [0.3, 0.4) is 0 Å². The van der Waals surface area contributed by atoms with Gasteiger partial charge >= 0.3 is 0 Å². The number of hydrogen-bond donors (Lipinski definition) is 3. The summed E-state index contributed by atoms with van der Waals surface area (Å²) in [4.78, 5) is 12.2. The van der Waals surface area contributed by atoms with Crippen LogP contribution in [-0.4, -0.2) is 33.0 Å². The van der Waals surface area contributed by atoms with Crippen LogP contribution >= 0.6 is 23.7 Å². The lowest BCUT2D eigenvalue weighted by Gasteiger charge is -2.30. The van der Waals surface area contributed by atoms with Gasteiger partial charge in [-0.15, -0.1) is 23.7 Å².